The topological polar surface area (TPSA) is 50.4 Å². The number of nitrogens with one attached hydrogen (secondary N) is 2. The molecule has 4 nitrogen and oxygen atoms in total. The van der Waals surface area contributed by atoms with Gasteiger partial charge in [0.1, 0.15) is 0 Å². The molecule has 0 aromatic carbocycles. The average Bonchev–Trinajstić information content (AvgIpc) is 2.31. The van der Waals surface area contributed by atoms with Crippen molar-refractivity contribution in [3.8, 4) is 0 Å². The number of carbonyl (C=O) groups excluding carboxylic acids is 1. The number of methoxy groups -OCH3 is 1. The predicted molar refractivity (Wildman–Crippen MR) is 74.6 cm³/mol. The van der Waals surface area contributed by atoms with Gasteiger partial charge in [-0.15, -0.1) is 0 Å². The molecule has 1 atom stereocenters. The van der Waals surface area contributed by atoms with Crippen LogP contribution in [0.15, 0.2) is 0 Å². The van der Waals surface area contributed by atoms with E-state index in [2.05, 4.69) is 30.7 Å². The second-order valence-corrected chi connectivity index (χ2v) is 6.22. The van der Waals surface area contributed by atoms with Crippen LogP contribution in [0, 0.1) is 0 Å². The summed E-state index contributed by atoms with van der Waals surface area (Å²) in [6.07, 6.45) is 2.93. The highest BCUT2D eigenvalue weighted by atomic mass is 32.2. The van der Waals surface area contributed by atoms with Crippen molar-refractivity contribution >= 4 is 17.7 Å². The van der Waals surface area contributed by atoms with Crippen LogP contribution in [-0.2, 0) is 9.53 Å². The number of thioether (sulfide) groups is 1. The number of rotatable bonds is 9. The summed E-state index contributed by atoms with van der Waals surface area (Å²) in [7, 11) is 1.66. The van der Waals surface area contributed by atoms with Crippen LogP contribution < -0.4 is 10.6 Å². The fraction of sp³-hybridized carbons (Fsp3) is 0.917. The van der Waals surface area contributed by atoms with Gasteiger partial charge in [0.2, 0.25) is 5.91 Å². The van der Waals surface area contributed by atoms with Gasteiger partial charge in [0.15, 0.2) is 0 Å². The van der Waals surface area contributed by atoms with Crippen molar-refractivity contribution in [1.82, 2.24) is 10.6 Å². The maximum absolute atomic E-state index is 11.7. The Balaban J connectivity index is 3.74. The predicted octanol–water partition coefficient (Wildman–Crippen LogP) is 1.26. The summed E-state index contributed by atoms with van der Waals surface area (Å²) in [6.45, 7) is 8.39. The van der Waals surface area contributed by atoms with Crippen molar-refractivity contribution in [2.45, 2.75) is 38.0 Å². The Morgan fingerprint density at radius 3 is 2.65 bits per heavy atom. The quantitative estimate of drug-likeness (QED) is 0.614. The number of hydrogen-bond acceptors (Lipinski definition) is 4. The largest absolute Gasteiger partial charge is 0.385 e. The molecule has 0 spiro atoms. The second kappa shape index (κ2) is 8.78. The van der Waals surface area contributed by atoms with Crippen LogP contribution in [0.2, 0.25) is 0 Å². The van der Waals surface area contributed by atoms with Crippen molar-refractivity contribution in [3.63, 3.8) is 0 Å². The van der Waals surface area contributed by atoms with Crippen LogP contribution in [0.5, 0.6) is 0 Å². The Labute approximate surface area is 109 Å². The smallest absolute Gasteiger partial charge is 0.236 e. The summed E-state index contributed by atoms with van der Waals surface area (Å²) in [5, 5.41) is 6.13. The fourth-order valence-electron chi connectivity index (χ4n) is 1.14. The molecule has 0 aromatic heterocycles. The van der Waals surface area contributed by atoms with Crippen molar-refractivity contribution in [2.75, 3.05) is 33.1 Å². The van der Waals surface area contributed by atoms with E-state index in [1.165, 1.54) is 0 Å². The molecule has 17 heavy (non-hydrogen) atoms. The molecule has 1 amide bonds. The summed E-state index contributed by atoms with van der Waals surface area (Å²) in [5.74, 6) is 0.0537. The molecule has 2 N–H and O–H groups in total. The van der Waals surface area contributed by atoms with E-state index in [1.54, 1.807) is 18.9 Å². The van der Waals surface area contributed by atoms with Crippen molar-refractivity contribution in [1.29, 1.82) is 0 Å². The summed E-state index contributed by atoms with van der Waals surface area (Å²) >= 11 is 1.79. The monoisotopic (exact) mass is 262 g/mol. The molecule has 0 aliphatic heterocycles. The normalized spacial score (nSPS) is 13.5. The molecule has 0 radical (unpaired) electrons. The molecule has 0 fully saturated rings. The first kappa shape index (κ1) is 16.7. The SMILES string of the molecule is COCCCNC(=O)C(C)NCC(C)(C)SC. The van der Waals surface area contributed by atoms with Crippen LogP contribution in [-0.4, -0.2) is 49.8 Å². The number of amides is 1. The van der Waals surface area contributed by atoms with Crippen LogP contribution in [0.25, 0.3) is 0 Å². The standard InChI is InChI=1S/C12H26N2O2S/c1-10(14-9-12(2,3)17-5)11(15)13-7-6-8-16-4/h10,14H,6-9H2,1-5H3,(H,13,15). The molecular formula is C12H26N2O2S. The van der Waals surface area contributed by atoms with Gasteiger partial charge >= 0.3 is 0 Å². The van der Waals surface area contributed by atoms with E-state index in [0.717, 1.165) is 13.0 Å². The number of carbonyl (C=O) groups is 1. The summed E-state index contributed by atoms with van der Waals surface area (Å²) < 4.78 is 5.08. The molecule has 0 aliphatic carbocycles. The maximum Gasteiger partial charge on any atom is 0.236 e. The van der Waals surface area contributed by atoms with Crippen molar-refractivity contribution in [2.24, 2.45) is 0 Å². The first-order valence-corrected chi connectivity index (χ1v) is 7.20. The van der Waals surface area contributed by atoms with E-state index in [9.17, 15) is 4.79 Å². The lowest BCUT2D eigenvalue weighted by Crippen LogP contribution is -2.46. The minimum atomic E-state index is -0.149. The molecule has 1 unspecified atom stereocenters. The number of ether oxygens (including phenoxy) is 1. The van der Waals surface area contributed by atoms with E-state index >= 15 is 0 Å². The molecule has 0 aromatic rings. The summed E-state index contributed by atoms with van der Waals surface area (Å²) in [5.41, 5.74) is 0. The highest BCUT2D eigenvalue weighted by molar-refractivity contribution is 7.99. The van der Waals surface area contributed by atoms with Crippen LogP contribution in [0.4, 0.5) is 0 Å². The Bertz CT molecular complexity index is 223. The van der Waals surface area contributed by atoms with Gasteiger partial charge in [0, 0.05) is 31.6 Å². The average molecular weight is 262 g/mol. The van der Waals surface area contributed by atoms with Gasteiger partial charge < -0.3 is 15.4 Å². The van der Waals surface area contributed by atoms with Crippen LogP contribution >= 0.6 is 11.8 Å². The molecule has 0 rings (SSSR count). The third kappa shape index (κ3) is 8.46. The minimum Gasteiger partial charge on any atom is -0.385 e. The van der Waals surface area contributed by atoms with Gasteiger partial charge in [0.25, 0.3) is 0 Å². The first-order chi connectivity index (χ1) is 7.93. The zero-order chi connectivity index (χ0) is 13.3. The molecule has 5 heteroatoms. The molecule has 0 bridgehead atoms. The molecule has 0 aliphatic rings. The zero-order valence-electron chi connectivity index (χ0n) is 11.6. The third-order valence-corrected chi connectivity index (χ3v) is 3.85. The van der Waals surface area contributed by atoms with E-state index in [0.29, 0.717) is 13.2 Å². The Kier molecular flexibility index (Phi) is 8.64. The highest BCUT2D eigenvalue weighted by Crippen LogP contribution is 2.19. The lowest BCUT2D eigenvalue weighted by atomic mass is 10.2. The lowest BCUT2D eigenvalue weighted by Gasteiger charge is -2.24. The lowest BCUT2D eigenvalue weighted by molar-refractivity contribution is -0.122. The van der Waals surface area contributed by atoms with Gasteiger partial charge in [-0.1, -0.05) is 0 Å². The zero-order valence-corrected chi connectivity index (χ0v) is 12.4. The molecule has 0 heterocycles. The van der Waals surface area contributed by atoms with E-state index in [1.807, 2.05) is 6.92 Å². The van der Waals surface area contributed by atoms with E-state index in [4.69, 9.17) is 4.74 Å². The van der Waals surface area contributed by atoms with Gasteiger partial charge in [-0.2, -0.15) is 11.8 Å². The van der Waals surface area contributed by atoms with Crippen LogP contribution in [0.1, 0.15) is 27.2 Å². The molecule has 102 valence electrons. The Hall–Kier alpha value is -0.260. The van der Waals surface area contributed by atoms with Crippen molar-refractivity contribution < 1.29 is 9.53 Å². The van der Waals surface area contributed by atoms with Crippen LogP contribution in [0.3, 0.4) is 0 Å². The van der Waals surface area contributed by atoms with Gasteiger partial charge in [-0.05, 0) is 33.4 Å². The summed E-state index contributed by atoms with van der Waals surface area (Å²) in [6, 6.07) is -0.149. The minimum absolute atomic E-state index is 0.0537. The molecule has 0 saturated heterocycles. The molecular weight excluding hydrogens is 236 g/mol. The Morgan fingerprint density at radius 2 is 2.12 bits per heavy atom. The fourth-order valence-corrected chi connectivity index (χ4v) is 1.37. The van der Waals surface area contributed by atoms with Gasteiger partial charge in [0.05, 0.1) is 6.04 Å². The van der Waals surface area contributed by atoms with E-state index < -0.39 is 0 Å². The Morgan fingerprint density at radius 1 is 1.47 bits per heavy atom. The number of hydrogen-bond donors (Lipinski definition) is 2. The van der Waals surface area contributed by atoms with Gasteiger partial charge in [-0.25, -0.2) is 0 Å². The second-order valence-electron chi connectivity index (χ2n) is 4.70. The van der Waals surface area contributed by atoms with E-state index in [-0.39, 0.29) is 16.7 Å². The molecule has 0 saturated carbocycles. The van der Waals surface area contributed by atoms with Crippen molar-refractivity contribution in [3.05, 3.63) is 0 Å². The summed E-state index contributed by atoms with van der Waals surface area (Å²) in [4.78, 5) is 11.7. The highest BCUT2D eigenvalue weighted by Gasteiger charge is 2.19. The first-order valence-electron chi connectivity index (χ1n) is 5.98. The van der Waals surface area contributed by atoms with Gasteiger partial charge in [-0.3, -0.25) is 4.79 Å². The third-order valence-electron chi connectivity index (χ3n) is 2.60. The maximum atomic E-state index is 11.7.